The van der Waals surface area contributed by atoms with E-state index in [9.17, 15) is 9.59 Å². The Bertz CT molecular complexity index is 755. The molecule has 0 atom stereocenters. The first-order valence-corrected chi connectivity index (χ1v) is 10.7. The number of nitrogens with zero attached hydrogens (tertiary/aromatic N) is 2. The standard InChI is InChI=1S/C21H28N4O2S/c1-2-24(15-20(26)22-14-19-6-5-13-28-19)16-21(27)23-17-7-9-18(10-8-17)25-11-3-4-12-25/h5-10,13H,2-4,11-12,14-16H2,1H3,(H,22,26)(H,23,27). The number of thiophene rings is 1. The first kappa shape index (κ1) is 20.4. The molecule has 0 saturated carbocycles. The van der Waals surface area contributed by atoms with Crippen LogP contribution in [0.1, 0.15) is 24.6 Å². The van der Waals surface area contributed by atoms with E-state index in [1.807, 2.05) is 41.5 Å². The molecule has 0 spiro atoms. The average molecular weight is 401 g/mol. The zero-order valence-corrected chi connectivity index (χ0v) is 17.1. The van der Waals surface area contributed by atoms with Gasteiger partial charge in [0, 0.05) is 29.3 Å². The van der Waals surface area contributed by atoms with Crippen LogP contribution in [0.25, 0.3) is 0 Å². The summed E-state index contributed by atoms with van der Waals surface area (Å²) in [5.41, 5.74) is 1.99. The quantitative estimate of drug-likeness (QED) is 0.679. The van der Waals surface area contributed by atoms with Gasteiger partial charge in [-0.3, -0.25) is 14.5 Å². The highest BCUT2D eigenvalue weighted by Crippen LogP contribution is 2.22. The highest BCUT2D eigenvalue weighted by molar-refractivity contribution is 7.09. The molecule has 2 N–H and O–H groups in total. The Morgan fingerprint density at radius 3 is 2.43 bits per heavy atom. The van der Waals surface area contributed by atoms with E-state index in [2.05, 4.69) is 27.7 Å². The number of benzene rings is 1. The summed E-state index contributed by atoms with van der Waals surface area (Å²) in [6.45, 7) is 5.72. The summed E-state index contributed by atoms with van der Waals surface area (Å²) in [5, 5.41) is 7.81. The van der Waals surface area contributed by atoms with Crippen molar-refractivity contribution in [2.45, 2.75) is 26.3 Å². The molecular formula is C21H28N4O2S. The van der Waals surface area contributed by atoms with Crippen LogP contribution in [0.15, 0.2) is 41.8 Å². The van der Waals surface area contributed by atoms with Gasteiger partial charge in [-0.1, -0.05) is 13.0 Å². The molecule has 28 heavy (non-hydrogen) atoms. The zero-order chi connectivity index (χ0) is 19.8. The maximum atomic E-state index is 12.4. The highest BCUT2D eigenvalue weighted by atomic mass is 32.1. The number of nitrogens with one attached hydrogen (secondary N) is 2. The molecule has 1 saturated heterocycles. The van der Waals surface area contributed by atoms with Crippen molar-refractivity contribution in [3.05, 3.63) is 46.7 Å². The molecule has 2 heterocycles. The largest absolute Gasteiger partial charge is 0.372 e. The van der Waals surface area contributed by atoms with Gasteiger partial charge in [-0.25, -0.2) is 0 Å². The summed E-state index contributed by atoms with van der Waals surface area (Å²) < 4.78 is 0. The van der Waals surface area contributed by atoms with Gasteiger partial charge in [0.25, 0.3) is 0 Å². The van der Waals surface area contributed by atoms with E-state index in [0.29, 0.717) is 13.1 Å². The van der Waals surface area contributed by atoms with Crippen molar-refractivity contribution in [1.29, 1.82) is 0 Å². The van der Waals surface area contributed by atoms with Crippen molar-refractivity contribution in [1.82, 2.24) is 10.2 Å². The van der Waals surface area contributed by atoms with Gasteiger partial charge in [0.2, 0.25) is 11.8 Å². The Labute approximate surface area is 170 Å². The molecule has 1 aliphatic heterocycles. The van der Waals surface area contributed by atoms with Gasteiger partial charge in [-0.15, -0.1) is 11.3 Å². The molecule has 150 valence electrons. The minimum absolute atomic E-state index is 0.0713. The summed E-state index contributed by atoms with van der Waals surface area (Å²) in [6.07, 6.45) is 2.48. The summed E-state index contributed by atoms with van der Waals surface area (Å²) in [6, 6.07) is 11.9. The van der Waals surface area contributed by atoms with Crippen LogP contribution in [0.2, 0.25) is 0 Å². The van der Waals surface area contributed by atoms with Gasteiger partial charge in [0.1, 0.15) is 0 Å². The van der Waals surface area contributed by atoms with E-state index in [1.165, 1.54) is 18.5 Å². The Morgan fingerprint density at radius 1 is 1.07 bits per heavy atom. The number of hydrogen-bond donors (Lipinski definition) is 2. The van der Waals surface area contributed by atoms with Gasteiger partial charge >= 0.3 is 0 Å². The lowest BCUT2D eigenvalue weighted by molar-refractivity contribution is -0.123. The van der Waals surface area contributed by atoms with E-state index < -0.39 is 0 Å². The smallest absolute Gasteiger partial charge is 0.238 e. The van der Waals surface area contributed by atoms with Gasteiger partial charge in [-0.05, 0) is 55.1 Å². The third kappa shape index (κ3) is 6.07. The van der Waals surface area contributed by atoms with E-state index in [1.54, 1.807) is 11.3 Å². The zero-order valence-electron chi connectivity index (χ0n) is 16.3. The van der Waals surface area contributed by atoms with Gasteiger partial charge in [0.05, 0.1) is 19.6 Å². The van der Waals surface area contributed by atoms with Crippen molar-refractivity contribution >= 4 is 34.5 Å². The minimum Gasteiger partial charge on any atom is -0.372 e. The molecule has 6 nitrogen and oxygen atoms in total. The Balaban J connectivity index is 1.43. The lowest BCUT2D eigenvalue weighted by Crippen LogP contribution is -2.40. The van der Waals surface area contributed by atoms with Gasteiger partial charge in [0.15, 0.2) is 0 Å². The van der Waals surface area contributed by atoms with Crippen LogP contribution >= 0.6 is 11.3 Å². The number of carbonyl (C=O) groups excluding carboxylic acids is 2. The SMILES string of the molecule is CCN(CC(=O)NCc1cccs1)CC(=O)Nc1ccc(N2CCCC2)cc1. The summed E-state index contributed by atoms with van der Waals surface area (Å²) >= 11 is 1.61. The second-order valence-electron chi connectivity index (χ2n) is 6.95. The molecule has 1 fully saturated rings. The van der Waals surface area contributed by atoms with Crippen molar-refractivity contribution in [3.63, 3.8) is 0 Å². The number of carbonyl (C=O) groups is 2. The summed E-state index contributed by atoms with van der Waals surface area (Å²) in [7, 11) is 0. The first-order valence-electron chi connectivity index (χ1n) is 9.80. The van der Waals surface area contributed by atoms with Crippen LogP contribution in [0.3, 0.4) is 0 Å². The van der Waals surface area contributed by atoms with E-state index in [-0.39, 0.29) is 24.9 Å². The first-order chi connectivity index (χ1) is 13.6. The molecule has 2 amide bonds. The number of hydrogen-bond acceptors (Lipinski definition) is 5. The molecule has 1 aromatic carbocycles. The fourth-order valence-electron chi connectivity index (χ4n) is 3.27. The number of rotatable bonds is 9. The topological polar surface area (TPSA) is 64.7 Å². The molecule has 0 aliphatic carbocycles. The molecular weight excluding hydrogens is 372 g/mol. The summed E-state index contributed by atoms with van der Waals surface area (Å²) in [4.78, 5) is 29.8. The van der Waals surface area contributed by atoms with Crippen molar-refractivity contribution in [3.8, 4) is 0 Å². The second kappa shape index (κ2) is 10.2. The lowest BCUT2D eigenvalue weighted by atomic mass is 10.2. The molecule has 2 aromatic rings. The predicted molar refractivity (Wildman–Crippen MR) is 115 cm³/mol. The molecule has 0 radical (unpaired) electrons. The monoisotopic (exact) mass is 400 g/mol. The van der Waals surface area contributed by atoms with Crippen LogP contribution in [-0.4, -0.2) is 49.4 Å². The van der Waals surface area contributed by atoms with Gasteiger partial charge in [-0.2, -0.15) is 0 Å². The van der Waals surface area contributed by atoms with Crippen LogP contribution < -0.4 is 15.5 Å². The highest BCUT2D eigenvalue weighted by Gasteiger charge is 2.14. The molecule has 0 unspecified atom stereocenters. The van der Waals surface area contributed by atoms with Crippen LogP contribution in [-0.2, 0) is 16.1 Å². The molecule has 3 rings (SSSR count). The average Bonchev–Trinajstić information content (AvgIpc) is 3.40. The van der Waals surface area contributed by atoms with Crippen LogP contribution in [0.4, 0.5) is 11.4 Å². The third-order valence-electron chi connectivity index (χ3n) is 4.84. The molecule has 1 aromatic heterocycles. The Kier molecular flexibility index (Phi) is 7.45. The molecule has 7 heteroatoms. The summed E-state index contributed by atoms with van der Waals surface area (Å²) in [5.74, 6) is -0.181. The lowest BCUT2D eigenvalue weighted by Gasteiger charge is -2.20. The fourth-order valence-corrected chi connectivity index (χ4v) is 3.92. The van der Waals surface area contributed by atoms with Gasteiger partial charge < -0.3 is 15.5 Å². The third-order valence-corrected chi connectivity index (χ3v) is 5.72. The Hall–Kier alpha value is -2.38. The van der Waals surface area contributed by atoms with Crippen molar-refractivity contribution in [2.75, 3.05) is 42.9 Å². The van der Waals surface area contributed by atoms with Crippen molar-refractivity contribution < 1.29 is 9.59 Å². The van der Waals surface area contributed by atoms with E-state index in [0.717, 1.165) is 23.7 Å². The number of anilines is 2. The van der Waals surface area contributed by atoms with E-state index in [4.69, 9.17) is 0 Å². The maximum absolute atomic E-state index is 12.4. The second-order valence-corrected chi connectivity index (χ2v) is 7.98. The molecule has 0 bridgehead atoms. The minimum atomic E-state index is -0.109. The number of likely N-dealkylation sites (N-methyl/N-ethyl adjacent to an activating group) is 1. The maximum Gasteiger partial charge on any atom is 0.238 e. The van der Waals surface area contributed by atoms with E-state index >= 15 is 0 Å². The van der Waals surface area contributed by atoms with Crippen molar-refractivity contribution in [2.24, 2.45) is 0 Å². The van der Waals surface area contributed by atoms with Crippen LogP contribution in [0, 0.1) is 0 Å². The van der Waals surface area contributed by atoms with Crippen LogP contribution in [0.5, 0.6) is 0 Å². The number of amides is 2. The molecule has 1 aliphatic rings. The predicted octanol–water partition coefficient (Wildman–Crippen LogP) is 2.93. The normalized spacial score (nSPS) is 13.7. The Morgan fingerprint density at radius 2 is 1.79 bits per heavy atom. The fraction of sp³-hybridized carbons (Fsp3) is 0.429.